The van der Waals surface area contributed by atoms with E-state index in [0.717, 1.165) is 5.56 Å². The Morgan fingerprint density at radius 1 is 0.897 bits per heavy atom. The Kier molecular flexibility index (Phi) is 6.32. The van der Waals surface area contributed by atoms with Crippen molar-refractivity contribution in [1.82, 2.24) is 10.3 Å². The van der Waals surface area contributed by atoms with Gasteiger partial charge in [-0.2, -0.15) is 0 Å². The summed E-state index contributed by atoms with van der Waals surface area (Å²) in [5.74, 6) is -0.680. The first-order chi connectivity index (χ1) is 14.0. The van der Waals surface area contributed by atoms with Gasteiger partial charge in [-0.05, 0) is 48.0 Å². The van der Waals surface area contributed by atoms with Crippen molar-refractivity contribution in [1.29, 1.82) is 0 Å². The molecule has 0 radical (unpaired) electrons. The molecule has 1 aromatic heterocycles. The van der Waals surface area contributed by atoms with Crippen LogP contribution in [0.5, 0.6) is 5.75 Å². The van der Waals surface area contributed by atoms with Crippen LogP contribution >= 0.6 is 0 Å². The lowest BCUT2D eigenvalue weighted by atomic mass is 10.1. The van der Waals surface area contributed by atoms with Crippen molar-refractivity contribution in [2.75, 3.05) is 5.32 Å². The Balaban J connectivity index is 1.61. The number of pyridine rings is 1. The Hall–Kier alpha value is -4.00. The lowest BCUT2D eigenvalue weighted by molar-refractivity contribution is -0.131. The molecule has 2 aromatic carbocycles. The van der Waals surface area contributed by atoms with Crippen LogP contribution in [0.15, 0.2) is 73.1 Å². The number of ether oxygens (including phenoxy) is 1. The van der Waals surface area contributed by atoms with Crippen LogP contribution in [-0.2, 0) is 11.3 Å². The fourth-order valence-electron chi connectivity index (χ4n) is 2.62. The van der Waals surface area contributed by atoms with Gasteiger partial charge < -0.3 is 15.4 Å². The van der Waals surface area contributed by atoms with Crippen LogP contribution in [0.25, 0.3) is 0 Å². The molecule has 2 amide bonds. The van der Waals surface area contributed by atoms with Gasteiger partial charge in [-0.15, -0.1) is 0 Å². The van der Waals surface area contributed by atoms with Crippen LogP contribution in [0.4, 0.5) is 5.69 Å². The van der Waals surface area contributed by atoms with Gasteiger partial charge in [-0.3, -0.25) is 19.4 Å². The topological polar surface area (TPSA) is 97.4 Å². The summed E-state index contributed by atoms with van der Waals surface area (Å²) in [5, 5.41) is 5.62. The van der Waals surface area contributed by atoms with Crippen molar-refractivity contribution in [3.63, 3.8) is 0 Å². The number of anilines is 1. The highest BCUT2D eigenvalue weighted by atomic mass is 16.5. The second-order valence-corrected chi connectivity index (χ2v) is 6.19. The molecule has 2 N–H and O–H groups in total. The van der Waals surface area contributed by atoms with Gasteiger partial charge in [0.05, 0.1) is 0 Å². The largest absolute Gasteiger partial charge is 0.427 e. The fourth-order valence-corrected chi connectivity index (χ4v) is 2.62. The molecule has 0 saturated heterocycles. The number of aromatic nitrogens is 1. The summed E-state index contributed by atoms with van der Waals surface area (Å²) >= 11 is 0. The number of carbonyl (C=O) groups excluding carboxylic acids is 3. The number of amides is 2. The number of carbonyl (C=O) groups is 3. The predicted octanol–water partition coefficient (Wildman–Crippen LogP) is 3.19. The third kappa shape index (κ3) is 5.74. The van der Waals surface area contributed by atoms with Crippen molar-refractivity contribution in [3.8, 4) is 5.75 Å². The molecular weight excluding hydrogens is 370 g/mol. The van der Waals surface area contributed by atoms with Crippen LogP contribution in [0.1, 0.15) is 33.2 Å². The van der Waals surface area contributed by atoms with Crippen molar-refractivity contribution < 1.29 is 19.1 Å². The minimum absolute atomic E-state index is 0.240. The Morgan fingerprint density at radius 2 is 1.66 bits per heavy atom. The molecule has 7 heteroatoms. The maximum atomic E-state index is 12.4. The summed E-state index contributed by atoms with van der Waals surface area (Å²) in [6.07, 6.45) is 3.11. The maximum Gasteiger partial charge on any atom is 0.308 e. The number of nitrogens with zero attached hydrogens (tertiary/aromatic N) is 1. The van der Waals surface area contributed by atoms with Crippen LogP contribution in [-0.4, -0.2) is 22.8 Å². The van der Waals surface area contributed by atoms with Gasteiger partial charge in [0.15, 0.2) is 0 Å². The average molecular weight is 389 g/mol. The Labute approximate surface area is 167 Å². The lowest BCUT2D eigenvalue weighted by Crippen LogP contribution is -2.23. The molecule has 0 unspecified atom stereocenters. The van der Waals surface area contributed by atoms with Crippen molar-refractivity contribution in [2.45, 2.75) is 13.5 Å². The summed E-state index contributed by atoms with van der Waals surface area (Å²) in [6, 6.07) is 16.8. The third-order valence-electron chi connectivity index (χ3n) is 3.94. The number of hydrogen-bond acceptors (Lipinski definition) is 5. The smallest absolute Gasteiger partial charge is 0.308 e. The second-order valence-electron chi connectivity index (χ2n) is 6.19. The molecule has 0 aliphatic heterocycles. The summed E-state index contributed by atoms with van der Waals surface area (Å²) in [6.45, 7) is 1.57. The van der Waals surface area contributed by atoms with E-state index in [4.69, 9.17) is 4.74 Å². The first-order valence-electron chi connectivity index (χ1n) is 8.88. The summed E-state index contributed by atoms with van der Waals surface area (Å²) in [7, 11) is 0. The van der Waals surface area contributed by atoms with Crippen molar-refractivity contribution >= 4 is 23.5 Å². The zero-order chi connectivity index (χ0) is 20.6. The van der Waals surface area contributed by atoms with Gasteiger partial charge >= 0.3 is 5.97 Å². The van der Waals surface area contributed by atoms with Crippen molar-refractivity contribution in [3.05, 3.63) is 89.7 Å². The van der Waals surface area contributed by atoms with Gasteiger partial charge in [0, 0.05) is 42.7 Å². The molecule has 146 valence electrons. The van der Waals surface area contributed by atoms with E-state index in [-0.39, 0.29) is 18.4 Å². The van der Waals surface area contributed by atoms with Crippen LogP contribution in [0.2, 0.25) is 0 Å². The molecule has 7 nitrogen and oxygen atoms in total. The predicted molar refractivity (Wildman–Crippen MR) is 108 cm³/mol. The molecule has 0 aliphatic rings. The second kappa shape index (κ2) is 9.27. The lowest BCUT2D eigenvalue weighted by Gasteiger charge is -2.09. The maximum absolute atomic E-state index is 12.4. The molecular formula is C22H19N3O4. The molecule has 0 spiro atoms. The van der Waals surface area contributed by atoms with E-state index in [1.165, 1.54) is 13.0 Å². The number of esters is 1. The molecule has 3 aromatic rings. The van der Waals surface area contributed by atoms with E-state index in [1.807, 2.05) is 6.07 Å². The first kappa shape index (κ1) is 19.8. The summed E-state index contributed by atoms with van der Waals surface area (Å²) < 4.78 is 4.99. The van der Waals surface area contributed by atoms with Gasteiger partial charge in [0.1, 0.15) is 5.75 Å². The molecule has 0 aliphatic carbocycles. The molecule has 3 rings (SSSR count). The van der Waals surface area contributed by atoms with Crippen LogP contribution in [0.3, 0.4) is 0 Å². The highest BCUT2D eigenvalue weighted by Crippen LogP contribution is 2.15. The summed E-state index contributed by atoms with van der Waals surface area (Å²) in [5.41, 5.74) is 2.33. The fraction of sp³-hybridized carbons (Fsp3) is 0.0909. The van der Waals surface area contributed by atoms with Gasteiger partial charge in [-0.25, -0.2) is 0 Å². The van der Waals surface area contributed by atoms with Gasteiger partial charge in [-0.1, -0.05) is 18.2 Å². The third-order valence-corrected chi connectivity index (χ3v) is 3.94. The van der Waals surface area contributed by atoms with Crippen molar-refractivity contribution in [2.24, 2.45) is 0 Å². The zero-order valence-electron chi connectivity index (χ0n) is 15.7. The van der Waals surface area contributed by atoms with Gasteiger partial charge in [0.2, 0.25) is 0 Å². The number of hydrogen-bond donors (Lipinski definition) is 2. The Bertz CT molecular complexity index is 1030. The minimum atomic E-state index is -0.451. The van der Waals surface area contributed by atoms with Crippen LogP contribution < -0.4 is 15.4 Å². The first-order valence-corrected chi connectivity index (χ1v) is 8.88. The van der Waals surface area contributed by atoms with E-state index in [9.17, 15) is 14.4 Å². The number of rotatable bonds is 6. The molecule has 0 fully saturated rings. The molecule has 0 bridgehead atoms. The molecule has 29 heavy (non-hydrogen) atoms. The van der Waals surface area contributed by atoms with E-state index >= 15 is 0 Å². The highest BCUT2D eigenvalue weighted by molar-refractivity contribution is 6.04. The van der Waals surface area contributed by atoms with Crippen LogP contribution in [0, 0.1) is 0 Å². The highest BCUT2D eigenvalue weighted by Gasteiger charge is 2.09. The average Bonchev–Trinajstić information content (AvgIpc) is 2.72. The monoisotopic (exact) mass is 389 g/mol. The number of benzene rings is 2. The normalized spacial score (nSPS) is 10.1. The molecule has 0 saturated carbocycles. The minimum Gasteiger partial charge on any atom is -0.427 e. The van der Waals surface area contributed by atoms with E-state index in [1.54, 1.807) is 60.9 Å². The number of nitrogens with one attached hydrogen (secondary N) is 2. The molecule has 0 atom stereocenters. The molecule has 1 heterocycles. The van der Waals surface area contributed by atoms with E-state index in [2.05, 4.69) is 15.6 Å². The van der Waals surface area contributed by atoms with E-state index in [0.29, 0.717) is 22.6 Å². The Morgan fingerprint density at radius 3 is 2.41 bits per heavy atom. The zero-order valence-corrected chi connectivity index (χ0v) is 15.7. The van der Waals surface area contributed by atoms with E-state index < -0.39 is 5.97 Å². The summed E-state index contributed by atoms with van der Waals surface area (Å²) in [4.78, 5) is 39.6. The van der Waals surface area contributed by atoms with Gasteiger partial charge in [0.25, 0.3) is 11.8 Å². The SMILES string of the molecule is CC(=O)Oc1cccc(C(=O)NCc2cccc(NC(=O)c3ccncc3)c2)c1. The standard InChI is InChI=1S/C22H19N3O4/c1-15(26)29-20-7-3-5-18(13-20)21(27)24-14-16-4-2-6-19(12-16)25-22(28)17-8-10-23-11-9-17/h2-13H,14H2,1H3,(H,24,27)(H,25,28). The quantitative estimate of drug-likeness (QED) is 0.498.